The lowest BCUT2D eigenvalue weighted by atomic mass is 10.1. The molecule has 1 aromatic heterocycles. The Labute approximate surface area is 163 Å². The summed E-state index contributed by atoms with van der Waals surface area (Å²) >= 11 is 0. The average Bonchev–Trinajstić information content (AvgIpc) is 2.71. The molecule has 6 heteroatoms. The van der Waals surface area contributed by atoms with E-state index >= 15 is 0 Å². The Hall–Kier alpha value is -3.54. The van der Waals surface area contributed by atoms with E-state index in [1.807, 2.05) is 43.3 Å². The van der Waals surface area contributed by atoms with Crippen LogP contribution in [-0.4, -0.2) is 24.7 Å². The van der Waals surface area contributed by atoms with Gasteiger partial charge in [-0.15, -0.1) is 0 Å². The van der Waals surface area contributed by atoms with Gasteiger partial charge in [0.2, 0.25) is 0 Å². The van der Waals surface area contributed by atoms with Crippen LogP contribution in [0.25, 0.3) is 0 Å². The smallest absolute Gasteiger partial charge is 0.257 e. The highest BCUT2D eigenvalue weighted by Gasteiger charge is 2.10. The molecule has 0 aliphatic rings. The van der Waals surface area contributed by atoms with Crippen LogP contribution in [0.5, 0.6) is 11.5 Å². The molecule has 1 N–H and O–H groups in total. The minimum atomic E-state index is -0.272. The van der Waals surface area contributed by atoms with Crippen molar-refractivity contribution in [2.24, 2.45) is 0 Å². The first-order valence-electron chi connectivity index (χ1n) is 8.79. The number of hydrogen-bond acceptors (Lipinski definition) is 4. The quantitative estimate of drug-likeness (QED) is 0.713. The Balaban J connectivity index is 1.87. The van der Waals surface area contributed by atoms with Crippen LogP contribution in [0, 0.1) is 6.92 Å². The highest BCUT2D eigenvalue weighted by atomic mass is 16.5. The summed E-state index contributed by atoms with van der Waals surface area (Å²) in [4.78, 5) is 24.9. The second kappa shape index (κ2) is 8.43. The summed E-state index contributed by atoms with van der Waals surface area (Å²) in [6.45, 7) is 2.21. The lowest BCUT2D eigenvalue weighted by Gasteiger charge is -2.12. The Morgan fingerprint density at radius 3 is 2.32 bits per heavy atom. The van der Waals surface area contributed by atoms with Gasteiger partial charge in [0, 0.05) is 24.0 Å². The number of aromatic nitrogens is 1. The maximum absolute atomic E-state index is 12.6. The van der Waals surface area contributed by atoms with E-state index in [0.717, 1.165) is 16.8 Å². The van der Waals surface area contributed by atoms with Crippen LogP contribution in [0.4, 0.5) is 5.69 Å². The second-order valence-electron chi connectivity index (χ2n) is 6.37. The number of pyridine rings is 1. The number of methoxy groups -OCH3 is 2. The van der Waals surface area contributed by atoms with E-state index < -0.39 is 0 Å². The van der Waals surface area contributed by atoms with Crippen LogP contribution >= 0.6 is 0 Å². The maximum Gasteiger partial charge on any atom is 0.257 e. The van der Waals surface area contributed by atoms with Gasteiger partial charge in [-0.25, -0.2) is 0 Å². The lowest BCUT2D eigenvalue weighted by Crippen LogP contribution is -2.22. The van der Waals surface area contributed by atoms with Crippen LogP contribution in [0.1, 0.15) is 21.5 Å². The van der Waals surface area contributed by atoms with Crippen molar-refractivity contribution in [1.29, 1.82) is 0 Å². The average molecular weight is 378 g/mol. The van der Waals surface area contributed by atoms with Crippen LogP contribution in [0.2, 0.25) is 0 Å². The van der Waals surface area contributed by atoms with Gasteiger partial charge < -0.3 is 19.4 Å². The van der Waals surface area contributed by atoms with Gasteiger partial charge in [0.15, 0.2) is 0 Å². The number of carbonyl (C=O) groups excluding carboxylic acids is 1. The zero-order valence-corrected chi connectivity index (χ0v) is 16.1. The van der Waals surface area contributed by atoms with E-state index in [1.165, 1.54) is 16.7 Å². The van der Waals surface area contributed by atoms with Crippen molar-refractivity contribution in [1.82, 2.24) is 4.57 Å². The molecule has 1 amide bonds. The molecule has 2 aromatic carbocycles. The summed E-state index contributed by atoms with van der Waals surface area (Å²) < 4.78 is 12.0. The number of aryl methyl sites for hydroxylation is 1. The molecule has 3 aromatic rings. The van der Waals surface area contributed by atoms with Crippen molar-refractivity contribution in [3.8, 4) is 11.5 Å². The Morgan fingerprint density at radius 1 is 1.00 bits per heavy atom. The highest BCUT2D eigenvalue weighted by molar-refractivity contribution is 6.04. The number of hydrogen-bond donors (Lipinski definition) is 1. The van der Waals surface area contributed by atoms with E-state index in [0.29, 0.717) is 17.1 Å². The number of benzene rings is 2. The number of rotatable bonds is 6. The van der Waals surface area contributed by atoms with E-state index in [4.69, 9.17) is 9.47 Å². The molecular weight excluding hydrogens is 356 g/mol. The van der Waals surface area contributed by atoms with Gasteiger partial charge in [0.25, 0.3) is 11.5 Å². The molecule has 0 saturated carbocycles. The number of nitrogens with one attached hydrogen (secondary N) is 1. The minimum Gasteiger partial charge on any atom is -0.497 e. The maximum atomic E-state index is 12.6. The standard InChI is InChI=1S/C22H22N2O4/c1-15-6-4-5-7-20(15)23-22(26)17-8-9-21(25)24(14-17)13-16-10-18(27-2)12-19(11-16)28-3/h4-12,14H,13H2,1-3H3,(H,23,26). The van der Waals surface area contributed by atoms with E-state index in [9.17, 15) is 9.59 Å². The fourth-order valence-corrected chi connectivity index (χ4v) is 2.85. The van der Waals surface area contributed by atoms with E-state index in [-0.39, 0.29) is 18.0 Å². The van der Waals surface area contributed by atoms with Crippen molar-refractivity contribution < 1.29 is 14.3 Å². The van der Waals surface area contributed by atoms with E-state index in [1.54, 1.807) is 26.5 Å². The summed E-state index contributed by atoms with van der Waals surface area (Å²) in [5.74, 6) is 0.998. The SMILES string of the molecule is COc1cc(Cn2cc(C(=O)Nc3ccccc3C)ccc2=O)cc(OC)c1. The van der Waals surface area contributed by atoms with Crippen LogP contribution in [0.15, 0.2) is 65.6 Å². The van der Waals surface area contributed by atoms with Gasteiger partial charge in [-0.3, -0.25) is 9.59 Å². The summed E-state index contributed by atoms with van der Waals surface area (Å²) in [5, 5.41) is 2.88. The zero-order valence-electron chi connectivity index (χ0n) is 16.1. The van der Waals surface area contributed by atoms with Crippen molar-refractivity contribution in [2.75, 3.05) is 19.5 Å². The molecule has 3 rings (SSSR count). The number of anilines is 1. The Bertz CT molecular complexity index is 1030. The van der Waals surface area contributed by atoms with Gasteiger partial charge in [-0.2, -0.15) is 0 Å². The minimum absolute atomic E-state index is 0.200. The number of nitrogens with zero attached hydrogens (tertiary/aromatic N) is 1. The molecule has 0 atom stereocenters. The molecule has 0 aliphatic carbocycles. The molecule has 0 radical (unpaired) electrons. The molecular formula is C22H22N2O4. The first kappa shape index (κ1) is 19.2. The number of ether oxygens (including phenoxy) is 2. The van der Waals surface area contributed by atoms with Crippen molar-refractivity contribution in [2.45, 2.75) is 13.5 Å². The lowest BCUT2D eigenvalue weighted by molar-refractivity contribution is 0.102. The fraction of sp³-hybridized carbons (Fsp3) is 0.182. The van der Waals surface area contributed by atoms with Gasteiger partial charge in [-0.05, 0) is 42.3 Å². The molecule has 6 nitrogen and oxygen atoms in total. The highest BCUT2D eigenvalue weighted by Crippen LogP contribution is 2.23. The molecule has 0 aliphatic heterocycles. The predicted octanol–water partition coefficient (Wildman–Crippen LogP) is 3.47. The largest absolute Gasteiger partial charge is 0.497 e. The molecule has 28 heavy (non-hydrogen) atoms. The van der Waals surface area contributed by atoms with Gasteiger partial charge >= 0.3 is 0 Å². The Morgan fingerprint density at radius 2 is 1.68 bits per heavy atom. The second-order valence-corrected chi connectivity index (χ2v) is 6.37. The molecule has 0 bridgehead atoms. The molecule has 1 heterocycles. The van der Waals surface area contributed by atoms with E-state index in [2.05, 4.69) is 5.32 Å². The van der Waals surface area contributed by atoms with Crippen LogP contribution in [0.3, 0.4) is 0 Å². The molecule has 144 valence electrons. The number of amides is 1. The first-order valence-corrected chi connectivity index (χ1v) is 8.79. The van der Waals surface area contributed by atoms with Gasteiger partial charge in [-0.1, -0.05) is 18.2 Å². The number of carbonyl (C=O) groups is 1. The zero-order chi connectivity index (χ0) is 20.1. The van der Waals surface area contributed by atoms with Crippen LogP contribution in [-0.2, 0) is 6.54 Å². The third-order valence-corrected chi connectivity index (χ3v) is 4.40. The third-order valence-electron chi connectivity index (χ3n) is 4.40. The monoisotopic (exact) mass is 378 g/mol. The summed E-state index contributed by atoms with van der Waals surface area (Å²) in [7, 11) is 3.14. The fourth-order valence-electron chi connectivity index (χ4n) is 2.85. The normalized spacial score (nSPS) is 10.4. The topological polar surface area (TPSA) is 69.6 Å². The predicted molar refractivity (Wildman–Crippen MR) is 108 cm³/mol. The molecule has 0 unspecified atom stereocenters. The van der Waals surface area contributed by atoms with Gasteiger partial charge in [0.1, 0.15) is 11.5 Å². The molecule has 0 saturated heterocycles. The van der Waals surface area contributed by atoms with Gasteiger partial charge in [0.05, 0.1) is 26.3 Å². The van der Waals surface area contributed by atoms with Crippen molar-refractivity contribution in [3.05, 3.63) is 87.8 Å². The molecule has 0 spiro atoms. The van der Waals surface area contributed by atoms with Crippen molar-refractivity contribution >= 4 is 11.6 Å². The third kappa shape index (κ3) is 4.40. The number of para-hydroxylation sites is 1. The Kier molecular flexibility index (Phi) is 5.79. The summed E-state index contributed by atoms with van der Waals surface area (Å²) in [5.41, 5.74) is 2.73. The summed E-state index contributed by atoms with van der Waals surface area (Å²) in [6.07, 6.45) is 1.56. The summed E-state index contributed by atoms with van der Waals surface area (Å²) in [6, 6.07) is 15.9. The van der Waals surface area contributed by atoms with Crippen LogP contribution < -0.4 is 20.3 Å². The first-order chi connectivity index (χ1) is 13.5. The molecule has 0 fully saturated rings. The van der Waals surface area contributed by atoms with Crippen molar-refractivity contribution in [3.63, 3.8) is 0 Å².